The van der Waals surface area contributed by atoms with Crippen molar-refractivity contribution < 1.29 is 54.4 Å². The van der Waals surface area contributed by atoms with Crippen molar-refractivity contribution in [3.05, 3.63) is 0 Å². The SMILES string of the molecule is C[C@H]1[C@H](O)[C@@H](O)[C@@H](O[C@H]2[C@H](O)[C@@H](O)[C@@H](C)O[C@@H]2C(=O)O)O[C@@H]1C(=O)O. The molecule has 144 valence electrons. The van der Waals surface area contributed by atoms with E-state index in [2.05, 4.69) is 0 Å². The second-order valence-electron chi connectivity index (χ2n) is 6.29. The lowest BCUT2D eigenvalue weighted by atomic mass is 9.90. The molecule has 0 aromatic rings. The van der Waals surface area contributed by atoms with Gasteiger partial charge >= 0.3 is 11.9 Å². The van der Waals surface area contributed by atoms with E-state index in [1.54, 1.807) is 0 Å². The van der Waals surface area contributed by atoms with Gasteiger partial charge < -0.3 is 44.8 Å². The molecule has 0 radical (unpaired) electrons. The van der Waals surface area contributed by atoms with Crippen molar-refractivity contribution in [2.24, 2.45) is 5.92 Å². The van der Waals surface area contributed by atoms with Crippen molar-refractivity contribution in [2.75, 3.05) is 0 Å². The van der Waals surface area contributed by atoms with Gasteiger partial charge in [0.25, 0.3) is 0 Å². The van der Waals surface area contributed by atoms with Gasteiger partial charge in [0.2, 0.25) is 0 Å². The molecule has 0 spiro atoms. The summed E-state index contributed by atoms with van der Waals surface area (Å²) in [7, 11) is 0. The molecule has 2 aliphatic rings. The Labute approximate surface area is 142 Å². The molecule has 0 saturated carbocycles. The summed E-state index contributed by atoms with van der Waals surface area (Å²) in [5.74, 6) is -3.85. The van der Waals surface area contributed by atoms with Crippen LogP contribution in [0.15, 0.2) is 0 Å². The van der Waals surface area contributed by atoms with Gasteiger partial charge in [-0.2, -0.15) is 0 Å². The van der Waals surface area contributed by atoms with Crippen LogP contribution in [0.25, 0.3) is 0 Å². The first-order valence-corrected chi connectivity index (χ1v) is 7.70. The van der Waals surface area contributed by atoms with E-state index in [9.17, 15) is 35.1 Å². The summed E-state index contributed by atoms with van der Waals surface area (Å²) in [5, 5.41) is 58.3. The molecule has 11 heteroatoms. The third kappa shape index (κ3) is 3.77. The minimum Gasteiger partial charge on any atom is -0.479 e. The normalized spacial score (nSPS) is 48.1. The van der Waals surface area contributed by atoms with Crippen LogP contribution < -0.4 is 0 Å². The number of aliphatic carboxylic acids is 2. The van der Waals surface area contributed by atoms with Crippen LogP contribution in [0.1, 0.15) is 13.8 Å². The fourth-order valence-corrected chi connectivity index (χ4v) is 2.94. The monoisotopic (exact) mass is 366 g/mol. The van der Waals surface area contributed by atoms with Gasteiger partial charge in [0.15, 0.2) is 18.5 Å². The van der Waals surface area contributed by atoms with Crippen LogP contribution in [-0.2, 0) is 23.8 Å². The molecule has 0 unspecified atom stereocenters. The zero-order chi connectivity index (χ0) is 19.0. The first kappa shape index (κ1) is 20.0. The lowest BCUT2D eigenvalue weighted by molar-refractivity contribution is -0.326. The highest BCUT2D eigenvalue weighted by molar-refractivity contribution is 5.73. The molecule has 0 amide bonds. The molecule has 2 fully saturated rings. The van der Waals surface area contributed by atoms with Gasteiger partial charge in [-0.25, -0.2) is 9.59 Å². The fourth-order valence-electron chi connectivity index (χ4n) is 2.94. The predicted octanol–water partition coefficient (Wildman–Crippen LogP) is -2.87. The maximum atomic E-state index is 11.3. The number of rotatable bonds is 4. The number of carbonyl (C=O) groups is 2. The molecule has 0 aliphatic carbocycles. The number of aliphatic hydroxyl groups excluding tert-OH is 4. The summed E-state index contributed by atoms with van der Waals surface area (Å²) >= 11 is 0. The van der Waals surface area contributed by atoms with Crippen molar-refractivity contribution >= 4 is 11.9 Å². The molecule has 0 bridgehead atoms. The zero-order valence-electron chi connectivity index (χ0n) is 13.5. The van der Waals surface area contributed by atoms with Gasteiger partial charge in [-0.1, -0.05) is 6.92 Å². The summed E-state index contributed by atoms with van der Waals surface area (Å²) in [5.41, 5.74) is 0. The average Bonchev–Trinajstić information content (AvgIpc) is 2.54. The Morgan fingerprint density at radius 1 is 0.800 bits per heavy atom. The van der Waals surface area contributed by atoms with Crippen molar-refractivity contribution in [1.29, 1.82) is 0 Å². The molecular weight excluding hydrogens is 344 g/mol. The first-order valence-electron chi connectivity index (χ1n) is 7.70. The molecule has 2 rings (SSSR count). The standard InChI is InChI=1S/C14H22O11/c1-3-5(15)8(18)14(24-9(3)12(19)20)25-10-7(17)6(16)4(2)23-11(10)13(21)22/h3-11,14-18H,1-2H3,(H,19,20)(H,21,22)/t3-,4+,5-,6-,7+,8+,9-,10-,11-,14+/m0/s1. The number of hydrogen-bond acceptors (Lipinski definition) is 9. The minimum absolute atomic E-state index is 0.958. The third-order valence-corrected chi connectivity index (χ3v) is 4.53. The predicted molar refractivity (Wildman–Crippen MR) is 76.3 cm³/mol. The smallest absolute Gasteiger partial charge is 0.335 e. The molecule has 2 saturated heterocycles. The lowest BCUT2D eigenvalue weighted by Crippen LogP contribution is -2.63. The number of ether oxygens (including phenoxy) is 3. The van der Waals surface area contributed by atoms with Gasteiger partial charge in [-0.15, -0.1) is 0 Å². The Balaban J connectivity index is 2.22. The second-order valence-corrected chi connectivity index (χ2v) is 6.29. The van der Waals surface area contributed by atoms with E-state index in [1.807, 2.05) is 0 Å². The van der Waals surface area contributed by atoms with Crippen LogP contribution in [0.4, 0.5) is 0 Å². The van der Waals surface area contributed by atoms with Gasteiger partial charge in [-0.3, -0.25) is 0 Å². The van der Waals surface area contributed by atoms with Gasteiger partial charge in [0.05, 0.1) is 12.2 Å². The van der Waals surface area contributed by atoms with E-state index in [-0.39, 0.29) is 0 Å². The second kappa shape index (κ2) is 7.50. The van der Waals surface area contributed by atoms with Crippen molar-refractivity contribution in [3.8, 4) is 0 Å². The minimum atomic E-state index is -1.74. The van der Waals surface area contributed by atoms with Gasteiger partial charge in [-0.05, 0) is 6.92 Å². The quantitative estimate of drug-likeness (QED) is 0.301. The fraction of sp³-hybridized carbons (Fsp3) is 0.857. The highest BCUT2D eigenvalue weighted by Crippen LogP contribution is 2.31. The van der Waals surface area contributed by atoms with Crippen molar-refractivity contribution in [2.45, 2.75) is 69.0 Å². The molecular formula is C14H22O11. The van der Waals surface area contributed by atoms with Crippen molar-refractivity contribution in [3.63, 3.8) is 0 Å². The maximum Gasteiger partial charge on any atom is 0.335 e. The number of aliphatic hydroxyl groups is 4. The van der Waals surface area contributed by atoms with Gasteiger partial charge in [0.1, 0.15) is 24.4 Å². The Morgan fingerprint density at radius 3 is 1.88 bits per heavy atom. The van der Waals surface area contributed by atoms with Crippen molar-refractivity contribution in [1.82, 2.24) is 0 Å². The Morgan fingerprint density at radius 2 is 1.36 bits per heavy atom. The van der Waals surface area contributed by atoms with Crippen LogP contribution >= 0.6 is 0 Å². The summed E-state index contributed by atoms with van der Waals surface area (Å²) in [4.78, 5) is 22.5. The number of carboxylic acid groups (broad SMARTS) is 2. The van der Waals surface area contributed by atoms with E-state index in [0.717, 1.165) is 0 Å². The van der Waals surface area contributed by atoms with Crippen LogP contribution in [0.2, 0.25) is 0 Å². The molecule has 6 N–H and O–H groups in total. The van der Waals surface area contributed by atoms with Crippen LogP contribution in [0.5, 0.6) is 0 Å². The summed E-state index contributed by atoms with van der Waals surface area (Å²) in [6.07, 6.45) is -14.0. The summed E-state index contributed by atoms with van der Waals surface area (Å²) in [6.45, 7) is 2.71. The summed E-state index contributed by atoms with van der Waals surface area (Å²) in [6, 6.07) is 0. The Kier molecular flexibility index (Phi) is 5.99. The Hall–Kier alpha value is -1.34. The number of hydrogen-bond donors (Lipinski definition) is 6. The van der Waals surface area contributed by atoms with Crippen LogP contribution in [0, 0.1) is 5.92 Å². The van der Waals surface area contributed by atoms with E-state index in [4.69, 9.17) is 19.3 Å². The van der Waals surface area contributed by atoms with Crippen LogP contribution in [0.3, 0.4) is 0 Å². The molecule has 2 heterocycles. The van der Waals surface area contributed by atoms with E-state index >= 15 is 0 Å². The van der Waals surface area contributed by atoms with E-state index in [1.165, 1.54) is 13.8 Å². The largest absolute Gasteiger partial charge is 0.479 e. The van der Waals surface area contributed by atoms with Crippen LogP contribution in [-0.4, -0.2) is 97.7 Å². The molecule has 10 atom stereocenters. The summed E-state index contributed by atoms with van der Waals surface area (Å²) < 4.78 is 15.4. The molecule has 0 aromatic heterocycles. The Bertz CT molecular complexity index is 511. The highest BCUT2D eigenvalue weighted by atomic mass is 16.7. The molecule has 11 nitrogen and oxygen atoms in total. The maximum absolute atomic E-state index is 11.3. The number of carboxylic acids is 2. The van der Waals surface area contributed by atoms with E-state index in [0.29, 0.717) is 0 Å². The topological polar surface area (TPSA) is 183 Å². The molecule has 25 heavy (non-hydrogen) atoms. The molecule has 0 aromatic carbocycles. The molecule has 2 aliphatic heterocycles. The highest BCUT2D eigenvalue weighted by Gasteiger charge is 2.52. The third-order valence-electron chi connectivity index (χ3n) is 4.53. The first-order chi connectivity index (χ1) is 11.6. The van der Waals surface area contributed by atoms with Gasteiger partial charge in [0, 0.05) is 5.92 Å². The average molecular weight is 366 g/mol. The van der Waals surface area contributed by atoms with E-state index < -0.39 is 73.0 Å². The zero-order valence-corrected chi connectivity index (χ0v) is 13.5. The lowest BCUT2D eigenvalue weighted by Gasteiger charge is -2.44.